The average molecular weight is 274 g/mol. The Hall–Kier alpha value is -2.25. The van der Waals surface area contributed by atoms with Gasteiger partial charge in [0.15, 0.2) is 0 Å². The quantitative estimate of drug-likeness (QED) is 0.778. The van der Waals surface area contributed by atoms with Crippen LogP contribution in [0.15, 0.2) is 47.9 Å². The van der Waals surface area contributed by atoms with Gasteiger partial charge in [-0.1, -0.05) is 36.4 Å². The first-order chi connectivity index (χ1) is 9.04. The Balaban J connectivity index is 2.33. The molecule has 0 N–H and O–H groups in total. The van der Waals surface area contributed by atoms with E-state index in [-0.39, 0.29) is 5.91 Å². The van der Waals surface area contributed by atoms with Crippen molar-refractivity contribution in [3.8, 4) is 6.07 Å². The molecule has 19 heavy (non-hydrogen) atoms. The standard InChI is InChI=1S/C14H12ClN3O/c1-10-17(2)14(19)7-13(15)18(10)9-12-6-4-3-5-11(12)8-16/h3-7H,1,9H2,2H3. The summed E-state index contributed by atoms with van der Waals surface area (Å²) in [4.78, 5) is 14.7. The lowest BCUT2D eigenvalue weighted by Crippen LogP contribution is -2.38. The van der Waals surface area contributed by atoms with Crippen LogP contribution in [0.2, 0.25) is 0 Å². The second-order valence-electron chi connectivity index (χ2n) is 4.14. The fourth-order valence-corrected chi connectivity index (χ4v) is 2.06. The van der Waals surface area contributed by atoms with Gasteiger partial charge < -0.3 is 4.90 Å². The largest absolute Gasteiger partial charge is 0.314 e. The van der Waals surface area contributed by atoms with Crippen LogP contribution in [0.25, 0.3) is 0 Å². The number of carbonyl (C=O) groups is 1. The van der Waals surface area contributed by atoms with Crippen LogP contribution >= 0.6 is 11.6 Å². The maximum Gasteiger partial charge on any atom is 0.254 e. The molecule has 0 spiro atoms. The number of carbonyl (C=O) groups excluding carboxylic acids is 1. The number of nitrogens with zero attached hydrogens (tertiary/aromatic N) is 3. The van der Waals surface area contributed by atoms with E-state index in [2.05, 4.69) is 12.6 Å². The molecule has 1 aliphatic heterocycles. The highest BCUT2D eigenvalue weighted by molar-refractivity contribution is 6.31. The summed E-state index contributed by atoms with van der Waals surface area (Å²) in [6.07, 6.45) is 1.34. The highest BCUT2D eigenvalue weighted by Crippen LogP contribution is 2.26. The van der Waals surface area contributed by atoms with Gasteiger partial charge in [0.1, 0.15) is 11.0 Å². The van der Waals surface area contributed by atoms with Crippen LogP contribution in [0, 0.1) is 11.3 Å². The predicted molar refractivity (Wildman–Crippen MR) is 72.5 cm³/mol. The van der Waals surface area contributed by atoms with Gasteiger partial charge in [-0.05, 0) is 11.6 Å². The van der Waals surface area contributed by atoms with Gasteiger partial charge in [0.05, 0.1) is 18.2 Å². The van der Waals surface area contributed by atoms with Gasteiger partial charge in [0.25, 0.3) is 5.91 Å². The van der Waals surface area contributed by atoms with Crippen molar-refractivity contribution in [3.05, 3.63) is 59.0 Å². The molecule has 4 nitrogen and oxygen atoms in total. The van der Waals surface area contributed by atoms with Gasteiger partial charge in [-0.15, -0.1) is 0 Å². The number of likely N-dealkylation sites (N-methyl/N-ethyl adjacent to an activating group) is 1. The van der Waals surface area contributed by atoms with Crippen molar-refractivity contribution in [2.75, 3.05) is 7.05 Å². The monoisotopic (exact) mass is 273 g/mol. The van der Waals surface area contributed by atoms with E-state index in [1.807, 2.05) is 12.1 Å². The second-order valence-corrected chi connectivity index (χ2v) is 4.52. The molecule has 0 unspecified atom stereocenters. The van der Waals surface area contributed by atoms with E-state index in [4.69, 9.17) is 16.9 Å². The molecule has 0 saturated heterocycles. The number of amides is 1. The number of benzene rings is 1. The molecule has 0 saturated carbocycles. The molecule has 1 amide bonds. The Morgan fingerprint density at radius 3 is 2.79 bits per heavy atom. The molecule has 1 aromatic carbocycles. The van der Waals surface area contributed by atoms with Crippen molar-refractivity contribution >= 4 is 17.5 Å². The van der Waals surface area contributed by atoms with E-state index in [9.17, 15) is 4.79 Å². The van der Waals surface area contributed by atoms with E-state index >= 15 is 0 Å². The molecule has 0 aliphatic carbocycles. The average Bonchev–Trinajstić information content (AvgIpc) is 2.41. The molecular formula is C14H12ClN3O. The molecule has 1 aromatic rings. The Morgan fingerprint density at radius 1 is 1.42 bits per heavy atom. The van der Waals surface area contributed by atoms with Gasteiger partial charge in [-0.2, -0.15) is 5.26 Å². The Labute approximate surface area is 116 Å². The third-order valence-electron chi connectivity index (χ3n) is 3.00. The van der Waals surface area contributed by atoms with Crippen molar-refractivity contribution in [1.29, 1.82) is 5.26 Å². The Bertz CT molecular complexity index is 615. The minimum atomic E-state index is -0.209. The molecule has 0 atom stereocenters. The van der Waals surface area contributed by atoms with Crippen molar-refractivity contribution in [1.82, 2.24) is 9.80 Å². The van der Waals surface area contributed by atoms with Crippen molar-refractivity contribution in [2.45, 2.75) is 6.54 Å². The van der Waals surface area contributed by atoms with Crippen LogP contribution in [0.3, 0.4) is 0 Å². The van der Waals surface area contributed by atoms with Crippen LogP contribution in [0.5, 0.6) is 0 Å². The summed E-state index contributed by atoms with van der Waals surface area (Å²) in [5.41, 5.74) is 1.42. The lowest BCUT2D eigenvalue weighted by atomic mass is 10.1. The summed E-state index contributed by atoms with van der Waals surface area (Å²) in [6, 6.07) is 9.40. The number of rotatable bonds is 2. The smallest absolute Gasteiger partial charge is 0.254 e. The van der Waals surface area contributed by atoms with Crippen molar-refractivity contribution < 1.29 is 4.79 Å². The van der Waals surface area contributed by atoms with E-state index in [0.29, 0.717) is 23.1 Å². The van der Waals surface area contributed by atoms with Crippen LogP contribution in [-0.4, -0.2) is 22.8 Å². The van der Waals surface area contributed by atoms with Gasteiger partial charge in [-0.3, -0.25) is 9.69 Å². The molecular weight excluding hydrogens is 262 g/mol. The van der Waals surface area contributed by atoms with Gasteiger partial charge in [0, 0.05) is 13.1 Å². The highest BCUT2D eigenvalue weighted by Gasteiger charge is 2.25. The van der Waals surface area contributed by atoms with Gasteiger partial charge >= 0.3 is 0 Å². The predicted octanol–water partition coefficient (Wildman–Crippen LogP) is 2.38. The molecule has 0 bridgehead atoms. The minimum Gasteiger partial charge on any atom is -0.314 e. The topological polar surface area (TPSA) is 47.3 Å². The second kappa shape index (κ2) is 5.17. The highest BCUT2D eigenvalue weighted by atomic mass is 35.5. The number of halogens is 1. The molecule has 1 heterocycles. The summed E-state index contributed by atoms with van der Waals surface area (Å²) in [7, 11) is 1.63. The molecule has 5 heteroatoms. The van der Waals surface area contributed by atoms with E-state index < -0.39 is 0 Å². The minimum absolute atomic E-state index is 0.209. The molecule has 96 valence electrons. The lowest BCUT2D eigenvalue weighted by Gasteiger charge is -2.34. The van der Waals surface area contributed by atoms with Crippen molar-refractivity contribution in [2.24, 2.45) is 0 Å². The zero-order valence-electron chi connectivity index (χ0n) is 10.4. The first-order valence-corrected chi connectivity index (χ1v) is 6.01. The first-order valence-electron chi connectivity index (χ1n) is 5.64. The molecule has 0 aromatic heterocycles. The summed E-state index contributed by atoms with van der Waals surface area (Å²) < 4.78 is 0. The van der Waals surface area contributed by atoms with Gasteiger partial charge in [-0.25, -0.2) is 0 Å². The summed E-state index contributed by atoms with van der Waals surface area (Å²) >= 11 is 6.08. The molecule has 1 aliphatic rings. The number of hydrogen-bond donors (Lipinski definition) is 0. The normalized spacial score (nSPS) is 15.3. The molecule has 2 rings (SSSR count). The third kappa shape index (κ3) is 2.47. The van der Waals surface area contributed by atoms with Gasteiger partial charge in [0.2, 0.25) is 0 Å². The SMILES string of the molecule is C=C1N(C)C(=O)C=C(Cl)N1Cc1ccccc1C#N. The summed E-state index contributed by atoms with van der Waals surface area (Å²) in [6.45, 7) is 4.25. The number of nitriles is 1. The van der Waals surface area contributed by atoms with E-state index in [1.165, 1.54) is 11.0 Å². The van der Waals surface area contributed by atoms with Crippen LogP contribution in [0.4, 0.5) is 0 Å². The maximum atomic E-state index is 11.6. The first kappa shape index (κ1) is 13.2. The lowest BCUT2D eigenvalue weighted by molar-refractivity contribution is -0.124. The maximum absolute atomic E-state index is 11.6. The Kier molecular flexibility index (Phi) is 3.59. The molecule has 0 fully saturated rings. The van der Waals surface area contributed by atoms with Crippen LogP contribution < -0.4 is 0 Å². The van der Waals surface area contributed by atoms with E-state index in [0.717, 1.165) is 5.56 Å². The van der Waals surface area contributed by atoms with Crippen molar-refractivity contribution in [3.63, 3.8) is 0 Å². The van der Waals surface area contributed by atoms with E-state index in [1.54, 1.807) is 24.1 Å². The van der Waals surface area contributed by atoms with Crippen LogP contribution in [-0.2, 0) is 11.3 Å². The molecule has 0 radical (unpaired) electrons. The third-order valence-corrected chi connectivity index (χ3v) is 3.31. The van der Waals surface area contributed by atoms with Crippen LogP contribution in [0.1, 0.15) is 11.1 Å². The fraction of sp³-hybridized carbons (Fsp3) is 0.143. The number of hydrogen-bond acceptors (Lipinski definition) is 3. The summed E-state index contributed by atoms with van der Waals surface area (Å²) in [5.74, 6) is 0.282. The summed E-state index contributed by atoms with van der Waals surface area (Å²) in [5, 5.41) is 9.38. The Morgan fingerprint density at radius 2 is 2.11 bits per heavy atom. The zero-order chi connectivity index (χ0) is 14.0. The zero-order valence-corrected chi connectivity index (χ0v) is 11.2. The fourth-order valence-electron chi connectivity index (χ4n) is 1.81.